The van der Waals surface area contributed by atoms with Crippen LogP contribution in [0.4, 0.5) is 0 Å². The molecule has 2 N–H and O–H groups in total. The number of likely N-dealkylation sites (tertiary alicyclic amines) is 1. The van der Waals surface area contributed by atoms with Crippen molar-refractivity contribution in [3.05, 3.63) is 71.3 Å². The van der Waals surface area contributed by atoms with E-state index in [9.17, 15) is 5.11 Å². The number of hydrogen-bond donors (Lipinski definition) is 2. The lowest BCUT2D eigenvalue weighted by molar-refractivity contribution is 0.204. The zero-order valence-electron chi connectivity index (χ0n) is 18.6. The van der Waals surface area contributed by atoms with Crippen LogP contribution in [0.3, 0.4) is 0 Å². The van der Waals surface area contributed by atoms with E-state index < -0.39 is 0 Å². The Morgan fingerprint density at radius 2 is 1.77 bits per heavy atom. The molecule has 164 valence electrons. The number of hydrogen-bond acceptors (Lipinski definition) is 5. The van der Waals surface area contributed by atoms with E-state index in [-0.39, 0.29) is 11.8 Å². The first kappa shape index (κ1) is 21.4. The molecule has 0 unspecified atom stereocenters. The van der Waals surface area contributed by atoms with Gasteiger partial charge in [0.25, 0.3) is 0 Å². The summed E-state index contributed by atoms with van der Waals surface area (Å²) in [5.41, 5.74) is 6.90. The average molecular weight is 420 g/mol. The number of nitrogens with zero attached hydrogens (tertiary/aromatic N) is 2. The van der Waals surface area contributed by atoms with Crippen LogP contribution in [0.25, 0.3) is 5.76 Å². The molecule has 0 aromatic heterocycles. The van der Waals surface area contributed by atoms with Gasteiger partial charge in [-0.2, -0.15) is 5.10 Å². The lowest BCUT2D eigenvalue weighted by Crippen LogP contribution is -2.40. The first-order chi connectivity index (χ1) is 15.2. The van der Waals surface area contributed by atoms with Crippen molar-refractivity contribution in [1.29, 1.82) is 0 Å². The van der Waals surface area contributed by atoms with E-state index in [0.717, 1.165) is 42.2 Å². The minimum atomic E-state index is -0.0198. The second kappa shape index (κ2) is 10.0. The summed E-state index contributed by atoms with van der Waals surface area (Å²) < 4.78 is 6.10. The standard InChI is InChI=1S/C26H33N3O2/c1-19(28-27-2)22(17-29-15-9-4-10-16-29)25(20-11-5-3-6-12-20)23-18-31-24-14-8-7-13-21(24)26(23)30/h3,5-8,11-14,22,25,27,30H,4,9-10,15-18H2,1-2H3/b28-19+/t22-,25+/m0/s1. The van der Waals surface area contributed by atoms with Crippen LogP contribution < -0.4 is 10.2 Å². The Hall–Kier alpha value is -2.79. The molecule has 0 aliphatic carbocycles. The summed E-state index contributed by atoms with van der Waals surface area (Å²) in [6.07, 6.45) is 3.80. The van der Waals surface area contributed by atoms with Crippen molar-refractivity contribution >= 4 is 11.5 Å². The van der Waals surface area contributed by atoms with Crippen molar-refractivity contribution in [3.8, 4) is 5.75 Å². The zero-order chi connectivity index (χ0) is 21.6. The van der Waals surface area contributed by atoms with Crippen LogP contribution in [-0.2, 0) is 0 Å². The molecule has 0 amide bonds. The van der Waals surface area contributed by atoms with E-state index >= 15 is 0 Å². The highest BCUT2D eigenvalue weighted by molar-refractivity contribution is 5.86. The number of aliphatic hydroxyl groups excluding tert-OH is 1. The van der Waals surface area contributed by atoms with Crippen molar-refractivity contribution in [1.82, 2.24) is 10.3 Å². The topological polar surface area (TPSA) is 57.1 Å². The van der Waals surface area contributed by atoms with Crippen molar-refractivity contribution < 1.29 is 9.84 Å². The first-order valence-corrected chi connectivity index (χ1v) is 11.3. The zero-order valence-corrected chi connectivity index (χ0v) is 18.6. The molecule has 0 saturated carbocycles. The molecular weight excluding hydrogens is 386 g/mol. The van der Waals surface area contributed by atoms with Gasteiger partial charge in [-0.3, -0.25) is 0 Å². The predicted molar refractivity (Wildman–Crippen MR) is 127 cm³/mol. The second-order valence-corrected chi connectivity index (χ2v) is 8.49. The van der Waals surface area contributed by atoms with Crippen molar-refractivity contribution in [2.45, 2.75) is 32.1 Å². The van der Waals surface area contributed by atoms with Crippen LogP contribution in [0.15, 0.2) is 65.3 Å². The molecular formula is C26H33N3O2. The number of rotatable bonds is 7. The van der Waals surface area contributed by atoms with Crippen molar-refractivity contribution in [3.63, 3.8) is 0 Å². The molecule has 31 heavy (non-hydrogen) atoms. The molecule has 5 heteroatoms. The fourth-order valence-electron chi connectivity index (χ4n) is 4.92. The molecule has 0 bridgehead atoms. The highest BCUT2D eigenvalue weighted by Crippen LogP contribution is 2.41. The second-order valence-electron chi connectivity index (χ2n) is 8.49. The van der Waals surface area contributed by atoms with Crippen molar-refractivity contribution in [2.75, 3.05) is 33.3 Å². The van der Waals surface area contributed by atoms with Gasteiger partial charge in [0, 0.05) is 36.7 Å². The fraction of sp³-hybridized carbons (Fsp3) is 0.423. The highest BCUT2D eigenvalue weighted by Gasteiger charge is 2.35. The Kier molecular flexibility index (Phi) is 6.92. The molecule has 1 saturated heterocycles. The maximum atomic E-state index is 11.3. The summed E-state index contributed by atoms with van der Waals surface area (Å²) in [7, 11) is 1.84. The molecule has 2 aromatic carbocycles. The minimum absolute atomic E-state index is 0.0198. The maximum Gasteiger partial charge on any atom is 0.130 e. The number of para-hydroxylation sites is 1. The molecule has 4 rings (SSSR count). The Balaban J connectivity index is 1.80. The molecule has 2 heterocycles. The fourth-order valence-corrected chi connectivity index (χ4v) is 4.92. The van der Waals surface area contributed by atoms with Gasteiger partial charge < -0.3 is 20.2 Å². The molecule has 0 radical (unpaired) electrons. The van der Waals surface area contributed by atoms with E-state index in [1.165, 1.54) is 24.8 Å². The largest absolute Gasteiger partial charge is 0.507 e. The van der Waals surface area contributed by atoms with Gasteiger partial charge in [0.1, 0.15) is 18.1 Å². The molecule has 2 aliphatic rings. The molecule has 0 spiro atoms. The first-order valence-electron chi connectivity index (χ1n) is 11.3. The third-order valence-corrected chi connectivity index (χ3v) is 6.49. The van der Waals surface area contributed by atoms with Crippen LogP contribution in [0.2, 0.25) is 0 Å². The van der Waals surface area contributed by atoms with E-state index in [4.69, 9.17) is 4.74 Å². The molecule has 5 nitrogen and oxygen atoms in total. The third-order valence-electron chi connectivity index (χ3n) is 6.49. The Bertz CT molecular complexity index is 933. The van der Waals surface area contributed by atoms with Crippen LogP contribution in [-0.4, -0.2) is 49.0 Å². The van der Waals surface area contributed by atoms with Gasteiger partial charge in [-0.1, -0.05) is 48.9 Å². The SMILES string of the molecule is CN/N=C(\C)[C@H](CN1CCCCC1)[C@H](C1=C(O)c2ccccc2OC1)c1ccccc1. The summed E-state index contributed by atoms with van der Waals surface area (Å²) in [6.45, 7) is 5.63. The maximum absolute atomic E-state index is 11.3. The number of aliphatic hydroxyl groups is 1. The molecule has 1 fully saturated rings. The van der Waals surface area contributed by atoms with E-state index in [1.807, 2.05) is 37.4 Å². The van der Waals surface area contributed by atoms with E-state index in [0.29, 0.717) is 12.4 Å². The number of nitrogens with one attached hydrogen (secondary N) is 1. The third kappa shape index (κ3) is 4.77. The summed E-state index contributed by atoms with van der Waals surface area (Å²) in [4.78, 5) is 2.55. The van der Waals surface area contributed by atoms with Gasteiger partial charge in [-0.05, 0) is 50.6 Å². The van der Waals surface area contributed by atoms with Gasteiger partial charge in [0.15, 0.2) is 0 Å². The Labute approximate surface area is 185 Å². The molecule has 2 aliphatic heterocycles. The van der Waals surface area contributed by atoms with E-state index in [2.05, 4.69) is 46.6 Å². The molecule has 2 atom stereocenters. The van der Waals surface area contributed by atoms with Crippen LogP contribution >= 0.6 is 0 Å². The van der Waals surface area contributed by atoms with Gasteiger partial charge in [-0.15, -0.1) is 0 Å². The average Bonchev–Trinajstić information content (AvgIpc) is 2.82. The van der Waals surface area contributed by atoms with Crippen LogP contribution in [0.5, 0.6) is 5.75 Å². The van der Waals surface area contributed by atoms with Crippen LogP contribution in [0.1, 0.15) is 43.2 Å². The number of ether oxygens (including phenoxy) is 1. The Morgan fingerprint density at radius 1 is 1.06 bits per heavy atom. The lowest BCUT2D eigenvalue weighted by atomic mass is 9.76. The monoisotopic (exact) mass is 419 g/mol. The van der Waals surface area contributed by atoms with Gasteiger partial charge in [0.05, 0.1) is 5.56 Å². The quantitative estimate of drug-likeness (QED) is 0.499. The van der Waals surface area contributed by atoms with Crippen molar-refractivity contribution in [2.24, 2.45) is 11.0 Å². The summed E-state index contributed by atoms with van der Waals surface area (Å²) >= 11 is 0. The number of hydrazone groups is 1. The Morgan fingerprint density at radius 3 is 2.52 bits per heavy atom. The summed E-state index contributed by atoms with van der Waals surface area (Å²) in [5, 5.41) is 15.9. The normalized spacial score (nSPS) is 19.4. The smallest absolute Gasteiger partial charge is 0.130 e. The summed E-state index contributed by atoms with van der Waals surface area (Å²) in [6, 6.07) is 18.2. The van der Waals surface area contributed by atoms with Gasteiger partial charge >= 0.3 is 0 Å². The lowest BCUT2D eigenvalue weighted by Gasteiger charge is -2.37. The van der Waals surface area contributed by atoms with Crippen LogP contribution in [0, 0.1) is 5.92 Å². The highest BCUT2D eigenvalue weighted by atomic mass is 16.5. The predicted octanol–water partition coefficient (Wildman–Crippen LogP) is 4.83. The number of piperidine rings is 1. The minimum Gasteiger partial charge on any atom is -0.507 e. The number of benzene rings is 2. The van der Waals surface area contributed by atoms with E-state index in [1.54, 1.807) is 0 Å². The molecule has 2 aromatic rings. The van der Waals surface area contributed by atoms with Gasteiger partial charge in [0.2, 0.25) is 0 Å². The van der Waals surface area contributed by atoms with Gasteiger partial charge in [-0.25, -0.2) is 0 Å². The number of fused-ring (bicyclic) bond motifs is 1. The summed E-state index contributed by atoms with van der Waals surface area (Å²) in [5.74, 6) is 1.19.